The van der Waals surface area contributed by atoms with Crippen LogP contribution in [-0.4, -0.2) is 48.6 Å². The fourth-order valence-corrected chi connectivity index (χ4v) is 5.70. The van der Waals surface area contributed by atoms with E-state index in [9.17, 15) is 0 Å². The molecule has 3 aromatic carbocycles. The van der Waals surface area contributed by atoms with E-state index in [4.69, 9.17) is 33.1 Å². The lowest BCUT2D eigenvalue weighted by atomic mass is 10.1. The van der Waals surface area contributed by atoms with Crippen LogP contribution in [0.3, 0.4) is 0 Å². The van der Waals surface area contributed by atoms with Crippen molar-refractivity contribution in [3.63, 3.8) is 0 Å². The molecular formula is C37H36N4O6S. The summed E-state index contributed by atoms with van der Waals surface area (Å²) in [5, 5.41) is 5.47. The Morgan fingerprint density at radius 1 is 0.896 bits per heavy atom. The van der Waals surface area contributed by atoms with Crippen molar-refractivity contribution >= 4 is 29.4 Å². The summed E-state index contributed by atoms with van der Waals surface area (Å²) in [6.07, 6.45) is 3.53. The Bertz CT molecular complexity index is 1990. The number of pyridine rings is 1. The number of benzene rings is 3. The molecule has 3 heterocycles. The number of imidazole rings is 1. The Labute approximate surface area is 283 Å². The summed E-state index contributed by atoms with van der Waals surface area (Å²) in [7, 11) is 4.90. The minimum Gasteiger partial charge on any atom is -0.497 e. The Balaban J connectivity index is 1.15. The molecule has 0 aliphatic heterocycles. The quantitative estimate of drug-likeness (QED) is 0.0608. The molecule has 0 N–H and O–H groups in total. The number of rotatable bonds is 15. The minimum atomic E-state index is -0.109. The average molecular weight is 665 g/mol. The predicted molar refractivity (Wildman–Crippen MR) is 187 cm³/mol. The van der Waals surface area contributed by atoms with E-state index in [1.54, 1.807) is 32.2 Å². The summed E-state index contributed by atoms with van der Waals surface area (Å²) in [5.41, 5.74) is 6.17. The normalized spacial score (nSPS) is 11.8. The molecule has 3 aromatic heterocycles. The summed E-state index contributed by atoms with van der Waals surface area (Å²) in [5.74, 6) is 3.08. The third-order valence-electron chi connectivity index (χ3n) is 7.71. The van der Waals surface area contributed by atoms with Gasteiger partial charge in [-0.2, -0.15) is 5.10 Å². The third kappa shape index (κ3) is 7.54. The Morgan fingerprint density at radius 3 is 2.46 bits per heavy atom. The van der Waals surface area contributed by atoms with Crippen LogP contribution in [0, 0.1) is 0 Å². The molecule has 48 heavy (non-hydrogen) atoms. The monoisotopic (exact) mass is 664 g/mol. The molecule has 6 aromatic rings. The summed E-state index contributed by atoms with van der Waals surface area (Å²) in [6, 6.07) is 25.7. The van der Waals surface area contributed by atoms with E-state index in [2.05, 4.69) is 28.9 Å². The lowest BCUT2D eigenvalue weighted by Gasteiger charge is -2.14. The van der Waals surface area contributed by atoms with Crippen molar-refractivity contribution in [2.24, 2.45) is 5.10 Å². The van der Waals surface area contributed by atoms with E-state index >= 15 is 0 Å². The molecule has 10 nitrogen and oxygen atoms in total. The Hall–Kier alpha value is -5.10. The highest BCUT2D eigenvalue weighted by atomic mass is 32.2. The van der Waals surface area contributed by atoms with E-state index in [1.165, 1.54) is 11.8 Å². The second-order valence-electron chi connectivity index (χ2n) is 10.9. The zero-order chi connectivity index (χ0) is 33.5. The number of hydrogen-bond donors (Lipinski definition) is 0. The van der Waals surface area contributed by atoms with Crippen molar-refractivity contribution in [2.75, 3.05) is 27.3 Å². The van der Waals surface area contributed by atoms with Crippen LogP contribution in [0.2, 0.25) is 0 Å². The van der Waals surface area contributed by atoms with Gasteiger partial charge in [-0.3, -0.25) is 4.98 Å². The molecule has 0 amide bonds. The summed E-state index contributed by atoms with van der Waals surface area (Å²) >= 11 is 1.41. The molecule has 0 spiro atoms. The van der Waals surface area contributed by atoms with Crippen LogP contribution in [0.1, 0.15) is 29.7 Å². The molecular weight excluding hydrogens is 628 g/mol. The largest absolute Gasteiger partial charge is 0.497 e. The van der Waals surface area contributed by atoms with Gasteiger partial charge in [0.25, 0.3) is 0 Å². The first-order valence-corrected chi connectivity index (χ1v) is 16.2. The van der Waals surface area contributed by atoms with Crippen molar-refractivity contribution in [1.82, 2.24) is 14.6 Å². The number of thioether (sulfide) groups is 1. The molecule has 0 bridgehead atoms. The molecule has 0 saturated carbocycles. The van der Waals surface area contributed by atoms with Crippen LogP contribution in [-0.2, 0) is 22.7 Å². The highest BCUT2D eigenvalue weighted by Crippen LogP contribution is 2.38. The maximum atomic E-state index is 6.36. The standard InChI is InChI=1S/C37H36N4O6S/c1-24(45-21-25-9-12-29(43-4)13-10-25)28-11-14-32(39-19-28)27-8-6-7-26(15-27)22-46-34-16-30(44-5)17-35-31(34)18-36(47-35)33-20-41(38-2)37(40-33)48-23-42-3/h6-20,24H,2,21-23H2,1,3-5H3. The van der Waals surface area contributed by atoms with Gasteiger partial charge in [-0.25, -0.2) is 9.66 Å². The van der Waals surface area contributed by atoms with Crippen molar-refractivity contribution in [1.29, 1.82) is 0 Å². The van der Waals surface area contributed by atoms with Gasteiger partial charge in [-0.15, -0.1) is 0 Å². The number of nitrogens with zero attached hydrogens (tertiary/aromatic N) is 4. The van der Waals surface area contributed by atoms with Gasteiger partial charge in [0.2, 0.25) is 0 Å². The van der Waals surface area contributed by atoms with Crippen molar-refractivity contribution in [3.05, 3.63) is 108 Å². The van der Waals surface area contributed by atoms with E-state index in [-0.39, 0.29) is 6.10 Å². The SMILES string of the molecule is C=Nn1cc(-c2cc3c(OCc4cccc(-c5ccc(C(C)OCc6ccc(OC)cc6)cn5)c4)cc(OC)cc3o2)nc1SCOC. The first-order chi connectivity index (χ1) is 23.5. The number of hydrogen-bond acceptors (Lipinski definition) is 10. The minimum absolute atomic E-state index is 0.109. The van der Waals surface area contributed by atoms with Crippen molar-refractivity contribution < 1.29 is 28.1 Å². The molecule has 0 aliphatic carbocycles. The highest BCUT2D eigenvalue weighted by molar-refractivity contribution is 7.99. The maximum absolute atomic E-state index is 6.36. The van der Waals surface area contributed by atoms with E-state index in [1.807, 2.05) is 79.9 Å². The molecule has 11 heteroatoms. The Morgan fingerprint density at radius 2 is 1.73 bits per heavy atom. The predicted octanol–water partition coefficient (Wildman–Crippen LogP) is 8.39. The van der Waals surface area contributed by atoms with Crippen LogP contribution in [0.5, 0.6) is 17.2 Å². The number of methoxy groups -OCH3 is 3. The Kier molecular flexibility index (Phi) is 10.4. The van der Waals surface area contributed by atoms with Crippen LogP contribution < -0.4 is 14.2 Å². The molecule has 0 radical (unpaired) electrons. The zero-order valence-corrected chi connectivity index (χ0v) is 28.0. The fourth-order valence-electron chi connectivity index (χ4n) is 5.07. The van der Waals surface area contributed by atoms with E-state index < -0.39 is 0 Å². The topological polar surface area (TPSA) is 102 Å². The summed E-state index contributed by atoms with van der Waals surface area (Å²) in [4.78, 5) is 9.40. The maximum Gasteiger partial charge on any atom is 0.191 e. The van der Waals surface area contributed by atoms with Gasteiger partial charge in [0.1, 0.15) is 35.1 Å². The lowest BCUT2D eigenvalue weighted by molar-refractivity contribution is 0.0523. The molecule has 0 aliphatic rings. The van der Waals surface area contributed by atoms with Crippen LogP contribution in [0.4, 0.5) is 0 Å². The molecule has 6 rings (SSSR count). The third-order valence-corrected chi connectivity index (χ3v) is 8.60. The summed E-state index contributed by atoms with van der Waals surface area (Å²) < 4.78 is 36.2. The van der Waals surface area contributed by atoms with Crippen molar-refractivity contribution in [3.8, 4) is 40.0 Å². The van der Waals surface area contributed by atoms with Gasteiger partial charge in [0.15, 0.2) is 10.9 Å². The number of fused-ring (bicyclic) bond motifs is 1. The van der Waals surface area contributed by atoms with Gasteiger partial charge in [0.05, 0.1) is 50.1 Å². The van der Waals surface area contributed by atoms with Gasteiger partial charge in [0, 0.05) is 37.7 Å². The van der Waals surface area contributed by atoms with Crippen LogP contribution in [0.15, 0.2) is 106 Å². The lowest BCUT2D eigenvalue weighted by Crippen LogP contribution is -2.01. The van der Waals surface area contributed by atoms with Crippen LogP contribution in [0.25, 0.3) is 33.7 Å². The molecule has 1 unspecified atom stereocenters. The number of ether oxygens (including phenoxy) is 5. The highest BCUT2D eigenvalue weighted by Gasteiger charge is 2.18. The molecule has 0 fully saturated rings. The van der Waals surface area contributed by atoms with Crippen LogP contribution >= 0.6 is 11.8 Å². The first-order valence-electron chi connectivity index (χ1n) is 15.2. The van der Waals surface area contributed by atoms with E-state index in [0.717, 1.165) is 39.1 Å². The second-order valence-corrected chi connectivity index (χ2v) is 11.8. The fraction of sp³-hybridized carbons (Fsp3) is 0.216. The smallest absolute Gasteiger partial charge is 0.191 e. The first kappa shape index (κ1) is 32.8. The molecule has 246 valence electrons. The molecule has 1 atom stereocenters. The number of aromatic nitrogens is 3. The van der Waals surface area contributed by atoms with Gasteiger partial charge in [-0.1, -0.05) is 48.2 Å². The van der Waals surface area contributed by atoms with Gasteiger partial charge >= 0.3 is 0 Å². The van der Waals surface area contributed by atoms with Crippen molar-refractivity contribution in [2.45, 2.75) is 31.4 Å². The van der Waals surface area contributed by atoms with E-state index in [0.29, 0.717) is 52.8 Å². The van der Waals surface area contributed by atoms with Gasteiger partial charge < -0.3 is 28.1 Å². The second kappa shape index (κ2) is 15.2. The molecule has 0 saturated heterocycles. The zero-order valence-electron chi connectivity index (χ0n) is 27.2. The van der Waals surface area contributed by atoms with Gasteiger partial charge in [-0.05, 0) is 53.9 Å². The summed E-state index contributed by atoms with van der Waals surface area (Å²) in [6.45, 7) is 6.50. The average Bonchev–Trinajstić information content (AvgIpc) is 3.76. The number of furan rings is 1.